The number of oxime groups is 1. The molecule has 0 heterocycles. The fourth-order valence-corrected chi connectivity index (χ4v) is 1.84. The summed E-state index contributed by atoms with van der Waals surface area (Å²) < 4.78 is 0. The summed E-state index contributed by atoms with van der Waals surface area (Å²) in [7, 11) is 2.00. The summed E-state index contributed by atoms with van der Waals surface area (Å²) in [5, 5.41) is 12.1. The Balaban J connectivity index is 3.05. The van der Waals surface area contributed by atoms with Gasteiger partial charge in [0.2, 0.25) is 0 Å². The number of nitrogens with zero attached hydrogens (tertiary/aromatic N) is 2. The largest absolute Gasteiger partial charge is 0.409 e. The monoisotopic (exact) mass is 255 g/mol. The Labute approximate surface area is 107 Å². The molecule has 1 atom stereocenters. The third-order valence-corrected chi connectivity index (χ3v) is 3.29. The van der Waals surface area contributed by atoms with E-state index in [1.807, 2.05) is 13.1 Å². The van der Waals surface area contributed by atoms with Gasteiger partial charge < -0.3 is 15.8 Å². The van der Waals surface area contributed by atoms with Crippen molar-refractivity contribution in [1.82, 2.24) is 0 Å². The number of benzene rings is 1. The van der Waals surface area contributed by atoms with Gasteiger partial charge in [-0.2, -0.15) is 0 Å². The highest BCUT2D eigenvalue weighted by atomic mass is 35.5. The molecule has 0 fully saturated rings. The number of amidine groups is 1. The Morgan fingerprint density at radius 2 is 2.24 bits per heavy atom. The highest BCUT2D eigenvalue weighted by Gasteiger charge is 2.12. The third-order valence-electron chi connectivity index (χ3n) is 2.98. The molecule has 4 nitrogen and oxygen atoms in total. The van der Waals surface area contributed by atoms with Crippen LogP contribution in [0.5, 0.6) is 0 Å². The van der Waals surface area contributed by atoms with Crippen LogP contribution in [0, 0.1) is 0 Å². The first-order valence-corrected chi connectivity index (χ1v) is 5.89. The molecular formula is C12H18ClN3O. The van der Waals surface area contributed by atoms with E-state index in [4.69, 9.17) is 22.5 Å². The first-order chi connectivity index (χ1) is 8.01. The molecule has 94 valence electrons. The summed E-state index contributed by atoms with van der Waals surface area (Å²) >= 11 is 6.19. The zero-order valence-corrected chi connectivity index (χ0v) is 11.1. The summed E-state index contributed by atoms with van der Waals surface area (Å²) in [5.41, 5.74) is 7.05. The summed E-state index contributed by atoms with van der Waals surface area (Å²) in [6.07, 6.45) is 1.04. The molecule has 0 radical (unpaired) electrons. The second kappa shape index (κ2) is 5.77. The number of rotatable bonds is 4. The molecule has 0 spiro atoms. The zero-order chi connectivity index (χ0) is 13.0. The van der Waals surface area contributed by atoms with Crippen LogP contribution in [0.15, 0.2) is 23.4 Å². The highest BCUT2D eigenvalue weighted by molar-refractivity contribution is 6.33. The Bertz CT molecular complexity index is 420. The number of nitrogens with two attached hydrogens (primary N) is 1. The molecule has 3 N–H and O–H groups in total. The van der Waals surface area contributed by atoms with Crippen LogP contribution in [0.4, 0.5) is 5.69 Å². The quantitative estimate of drug-likeness (QED) is 0.376. The normalized spacial score (nSPS) is 13.5. The van der Waals surface area contributed by atoms with Gasteiger partial charge in [-0.1, -0.05) is 23.7 Å². The van der Waals surface area contributed by atoms with E-state index in [0.29, 0.717) is 16.6 Å². The van der Waals surface area contributed by atoms with Crippen LogP contribution in [0.25, 0.3) is 0 Å². The first kappa shape index (κ1) is 13.6. The molecule has 0 aliphatic heterocycles. The van der Waals surface area contributed by atoms with Crippen molar-refractivity contribution in [1.29, 1.82) is 0 Å². The zero-order valence-electron chi connectivity index (χ0n) is 10.3. The van der Waals surface area contributed by atoms with E-state index in [9.17, 15) is 0 Å². The van der Waals surface area contributed by atoms with Gasteiger partial charge in [0.15, 0.2) is 5.84 Å². The van der Waals surface area contributed by atoms with Gasteiger partial charge in [-0.3, -0.25) is 0 Å². The lowest BCUT2D eigenvalue weighted by molar-refractivity contribution is 0.318. The van der Waals surface area contributed by atoms with Crippen LogP contribution in [0.2, 0.25) is 5.02 Å². The highest BCUT2D eigenvalue weighted by Crippen LogP contribution is 2.27. The van der Waals surface area contributed by atoms with Gasteiger partial charge in [0.1, 0.15) is 0 Å². The number of hydrogen-bond acceptors (Lipinski definition) is 3. The standard InChI is InChI=1S/C12H18ClN3O/c1-4-8(2)16(3)11-6-5-9(7-10(11)13)12(14)15-17/h5-8,17H,4H2,1-3H3,(H2,14,15). The Morgan fingerprint density at radius 1 is 1.59 bits per heavy atom. The second-order valence-corrected chi connectivity index (χ2v) is 4.43. The molecule has 0 aliphatic rings. The molecule has 1 aromatic rings. The molecule has 0 aromatic heterocycles. The molecule has 1 unspecified atom stereocenters. The minimum absolute atomic E-state index is 0.0599. The molecule has 0 amide bonds. The van der Waals surface area contributed by atoms with Gasteiger partial charge in [0.05, 0.1) is 10.7 Å². The van der Waals surface area contributed by atoms with Crippen molar-refractivity contribution in [3.8, 4) is 0 Å². The van der Waals surface area contributed by atoms with Gasteiger partial charge in [-0.25, -0.2) is 0 Å². The van der Waals surface area contributed by atoms with Crippen molar-refractivity contribution >= 4 is 23.1 Å². The number of anilines is 1. The van der Waals surface area contributed by atoms with E-state index in [1.165, 1.54) is 0 Å². The van der Waals surface area contributed by atoms with E-state index < -0.39 is 0 Å². The molecule has 1 rings (SSSR count). The van der Waals surface area contributed by atoms with Gasteiger partial charge in [0, 0.05) is 18.7 Å². The summed E-state index contributed by atoms with van der Waals surface area (Å²) in [4.78, 5) is 2.11. The summed E-state index contributed by atoms with van der Waals surface area (Å²) in [6, 6.07) is 5.77. The van der Waals surface area contributed by atoms with Crippen LogP contribution >= 0.6 is 11.6 Å². The molecule has 5 heteroatoms. The number of hydrogen-bond donors (Lipinski definition) is 2. The molecule has 0 saturated carbocycles. The molecular weight excluding hydrogens is 238 g/mol. The van der Waals surface area contributed by atoms with Crippen LogP contribution in [0.1, 0.15) is 25.8 Å². The summed E-state index contributed by atoms with van der Waals surface area (Å²) in [5.74, 6) is 0.0599. The predicted octanol–water partition coefficient (Wildman–Crippen LogP) is 2.67. The molecule has 1 aromatic carbocycles. The van der Waals surface area contributed by atoms with E-state index in [0.717, 1.165) is 12.1 Å². The minimum Gasteiger partial charge on any atom is -0.409 e. The van der Waals surface area contributed by atoms with Gasteiger partial charge in [-0.05, 0) is 31.5 Å². The lowest BCUT2D eigenvalue weighted by Crippen LogP contribution is -2.28. The van der Waals surface area contributed by atoms with Crippen molar-refractivity contribution in [3.05, 3.63) is 28.8 Å². The van der Waals surface area contributed by atoms with E-state index in [-0.39, 0.29) is 5.84 Å². The molecule has 0 bridgehead atoms. The lowest BCUT2D eigenvalue weighted by atomic mass is 10.1. The Hall–Kier alpha value is -1.42. The van der Waals surface area contributed by atoms with Crippen molar-refractivity contribution < 1.29 is 5.21 Å². The smallest absolute Gasteiger partial charge is 0.170 e. The average Bonchev–Trinajstić information content (AvgIpc) is 2.35. The van der Waals surface area contributed by atoms with E-state index in [2.05, 4.69) is 23.9 Å². The van der Waals surface area contributed by atoms with Crippen molar-refractivity contribution in [3.63, 3.8) is 0 Å². The van der Waals surface area contributed by atoms with Gasteiger partial charge in [0.25, 0.3) is 0 Å². The predicted molar refractivity (Wildman–Crippen MR) is 72.1 cm³/mol. The topological polar surface area (TPSA) is 61.8 Å². The van der Waals surface area contributed by atoms with Crippen molar-refractivity contribution in [2.45, 2.75) is 26.3 Å². The average molecular weight is 256 g/mol. The minimum atomic E-state index is 0.0599. The van der Waals surface area contributed by atoms with Crippen LogP contribution in [-0.4, -0.2) is 24.1 Å². The second-order valence-electron chi connectivity index (χ2n) is 4.02. The molecule has 17 heavy (non-hydrogen) atoms. The SMILES string of the molecule is CCC(C)N(C)c1ccc(C(N)=NO)cc1Cl. The maximum absolute atomic E-state index is 8.59. The number of halogens is 1. The van der Waals surface area contributed by atoms with Crippen molar-refractivity contribution in [2.75, 3.05) is 11.9 Å². The van der Waals surface area contributed by atoms with E-state index >= 15 is 0 Å². The maximum Gasteiger partial charge on any atom is 0.170 e. The van der Waals surface area contributed by atoms with Crippen LogP contribution in [0.3, 0.4) is 0 Å². The fourth-order valence-electron chi connectivity index (χ4n) is 1.52. The molecule has 0 aliphatic carbocycles. The van der Waals surface area contributed by atoms with Gasteiger partial charge >= 0.3 is 0 Å². The molecule has 0 saturated heterocycles. The van der Waals surface area contributed by atoms with E-state index in [1.54, 1.807) is 12.1 Å². The van der Waals surface area contributed by atoms with Crippen LogP contribution < -0.4 is 10.6 Å². The maximum atomic E-state index is 8.59. The van der Waals surface area contributed by atoms with Crippen LogP contribution in [-0.2, 0) is 0 Å². The summed E-state index contributed by atoms with van der Waals surface area (Å²) in [6.45, 7) is 4.26. The Kier molecular flexibility index (Phi) is 4.63. The first-order valence-electron chi connectivity index (χ1n) is 5.51. The third kappa shape index (κ3) is 3.03. The lowest BCUT2D eigenvalue weighted by Gasteiger charge is -2.27. The van der Waals surface area contributed by atoms with Crippen molar-refractivity contribution in [2.24, 2.45) is 10.9 Å². The van der Waals surface area contributed by atoms with Gasteiger partial charge in [-0.15, -0.1) is 0 Å². The fraction of sp³-hybridized carbons (Fsp3) is 0.417. The Morgan fingerprint density at radius 3 is 2.71 bits per heavy atom.